The number of pyridine rings is 2. The van der Waals surface area contributed by atoms with Crippen LogP contribution in [-0.4, -0.2) is 51.3 Å². The largest absolute Gasteiger partial charge is 0.394 e. The number of fused-ring (bicyclic) bond motifs is 1. The molecule has 4 N–H and O–H groups in total. The molecule has 0 fully saturated rings. The maximum absolute atomic E-state index is 14.2. The van der Waals surface area contributed by atoms with Crippen molar-refractivity contribution in [1.82, 2.24) is 15.3 Å². The monoisotopic (exact) mass is 570 g/mol. The molecular formula is C31H24F2N4O5. The molecule has 212 valence electrons. The van der Waals surface area contributed by atoms with Crippen LogP contribution in [0.3, 0.4) is 0 Å². The average molecular weight is 571 g/mol. The Bertz CT molecular complexity index is 1830. The zero-order valence-electron chi connectivity index (χ0n) is 21.9. The molecule has 0 unspecified atom stereocenters. The molecule has 0 aliphatic rings. The van der Waals surface area contributed by atoms with Gasteiger partial charge in [0, 0.05) is 29.6 Å². The van der Waals surface area contributed by atoms with Crippen LogP contribution in [0.4, 0.5) is 20.2 Å². The predicted octanol–water partition coefficient (Wildman–Crippen LogP) is 3.93. The number of anilines is 2. The molecule has 5 aromatic rings. The van der Waals surface area contributed by atoms with Crippen molar-refractivity contribution in [2.75, 3.05) is 18.1 Å². The first-order chi connectivity index (χ1) is 20.3. The summed E-state index contributed by atoms with van der Waals surface area (Å²) < 4.78 is 28.0. The molecule has 2 aromatic heterocycles. The SMILES string of the molecule is O=C(NC[C@H](O)CO)c1c(-c2ccccc2)c2c(N(C(=O)c3ccc(F)c(F)c3)c3ccccc3)ccnc2[nH]c1=O. The number of aliphatic hydroxyl groups is 2. The van der Waals surface area contributed by atoms with Crippen LogP contribution in [0.5, 0.6) is 0 Å². The number of hydrogen-bond donors (Lipinski definition) is 4. The van der Waals surface area contributed by atoms with E-state index < -0.39 is 41.7 Å². The number of benzene rings is 3. The Morgan fingerprint density at radius 1 is 0.952 bits per heavy atom. The standard InChI is InChI=1S/C31H24F2N4O5/c32-22-12-11-19(15-23(22)33)31(42)37(20-9-5-2-6-10-20)24-13-14-34-28-26(24)25(18-7-3-1-4-8-18)27(30(41)36-28)29(40)35-16-21(39)17-38/h1-15,21,38-39H,16-17H2,(H,35,40)(H,34,36,41)/t21-/m0/s1. The van der Waals surface area contributed by atoms with Crippen molar-refractivity contribution >= 4 is 34.2 Å². The lowest BCUT2D eigenvalue weighted by atomic mass is 9.95. The van der Waals surface area contributed by atoms with Gasteiger partial charge in [0.25, 0.3) is 17.4 Å². The molecule has 3 aromatic carbocycles. The molecule has 2 heterocycles. The van der Waals surface area contributed by atoms with Gasteiger partial charge >= 0.3 is 0 Å². The fourth-order valence-corrected chi connectivity index (χ4v) is 4.56. The second-order valence-electron chi connectivity index (χ2n) is 9.28. The number of aliphatic hydroxyl groups excluding tert-OH is 2. The van der Waals surface area contributed by atoms with Gasteiger partial charge in [-0.15, -0.1) is 0 Å². The van der Waals surface area contributed by atoms with Crippen molar-refractivity contribution in [2.24, 2.45) is 0 Å². The molecule has 0 radical (unpaired) electrons. The number of rotatable bonds is 8. The van der Waals surface area contributed by atoms with Gasteiger partial charge in [0.15, 0.2) is 11.6 Å². The topological polar surface area (TPSA) is 136 Å². The smallest absolute Gasteiger partial charge is 0.263 e. The number of aromatic nitrogens is 2. The zero-order valence-corrected chi connectivity index (χ0v) is 21.9. The van der Waals surface area contributed by atoms with Gasteiger partial charge in [-0.25, -0.2) is 13.8 Å². The van der Waals surface area contributed by atoms with Crippen molar-refractivity contribution in [3.8, 4) is 11.1 Å². The van der Waals surface area contributed by atoms with Gasteiger partial charge in [-0.3, -0.25) is 19.3 Å². The number of H-pyrrole nitrogens is 1. The number of carbonyl (C=O) groups excluding carboxylic acids is 2. The summed E-state index contributed by atoms with van der Waals surface area (Å²) in [5.74, 6) is -3.86. The van der Waals surface area contributed by atoms with Crippen LogP contribution < -0.4 is 15.8 Å². The van der Waals surface area contributed by atoms with E-state index in [0.717, 1.165) is 18.2 Å². The van der Waals surface area contributed by atoms with E-state index >= 15 is 0 Å². The van der Waals surface area contributed by atoms with E-state index in [1.807, 2.05) is 0 Å². The zero-order chi connectivity index (χ0) is 29.8. The van der Waals surface area contributed by atoms with Crippen LogP contribution in [0.15, 0.2) is 95.9 Å². The van der Waals surface area contributed by atoms with Crippen molar-refractivity contribution in [2.45, 2.75) is 6.10 Å². The molecule has 0 bridgehead atoms. The van der Waals surface area contributed by atoms with E-state index in [2.05, 4.69) is 15.3 Å². The van der Waals surface area contributed by atoms with E-state index in [-0.39, 0.29) is 40.0 Å². The summed E-state index contributed by atoms with van der Waals surface area (Å²) in [7, 11) is 0. The molecule has 42 heavy (non-hydrogen) atoms. The Morgan fingerprint density at radius 2 is 1.64 bits per heavy atom. The number of hydrogen-bond acceptors (Lipinski definition) is 6. The highest BCUT2D eigenvalue weighted by Crippen LogP contribution is 2.39. The van der Waals surface area contributed by atoms with Crippen molar-refractivity contribution in [3.63, 3.8) is 0 Å². The summed E-state index contributed by atoms with van der Waals surface area (Å²) in [6.07, 6.45) is 0.113. The molecule has 1 atom stereocenters. The lowest BCUT2D eigenvalue weighted by Crippen LogP contribution is -2.37. The van der Waals surface area contributed by atoms with Gasteiger partial charge < -0.3 is 20.5 Å². The first-order valence-corrected chi connectivity index (χ1v) is 12.8. The molecule has 0 saturated heterocycles. The van der Waals surface area contributed by atoms with Gasteiger partial charge in [0.1, 0.15) is 11.2 Å². The summed E-state index contributed by atoms with van der Waals surface area (Å²) in [6, 6.07) is 21.2. The molecule has 0 spiro atoms. The Hall–Kier alpha value is -5.26. The van der Waals surface area contributed by atoms with Crippen LogP contribution in [0.2, 0.25) is 0 Å². The Kier molecular flexibility index (Phi) is 8.14. The van der Waals surface area contributed by atoms with E-state index in [0.29, 0.717) is 11.3 Å². The summed E-state index contributed by atoms with van der Waals surface area (Å²) in [4.78, 5) is 48.9. The first kappa shape index (κ1) is 28.3. The second-order valence-corrected chi connectivity index (χ2v) is 9.28. The molecule has 9 nitrogen and oxygen atoms in total. The highest BCUT2D eigenvalue weighted by atomic mass is 19.2. The maximum Gasteiger partial charge on any atom is 0.263 e. The fraction of sp³-hybridized carbons (Fsp3) is 0.0968. The maximum atomic E-state index is 14.2. The summed E-state index contributed by atoms with van der Waals surface area (Å²) in [6.45, 7) is -0.933. The third kappa shape index (κ3) is 5.51. The summed E-state index contributed by atoms with van der Waals surface area (Å²) in [5.41, 5.74) is -0.0350. The van der Waals surface area contributed by atoms with Crippen LogP contribution in [0.1, 0.15) is 20.7 Å². The quantitative estimate of drug-likeness (QED) is 0.223. The fourth-order valence-electron chi connectivity index (χ4n) is 4.56. The van der Waals surface area contributed by atoms with Gasteiger partial charge in [-0.1, -0.05) is 48.5 Å². The molecule has 0 saturated carbocycles. The second kappa shape index (κ2) is 12.1. The summed E-state index contributed by atoms with van der Waals surface area (Å²) >= 11 is 0. The van der Waals surface area contributed by atoms with Gasteiger partial charge in [-0.2, -0.15) is 0 Å². The Balaban J connectivity index is 1.82. The number of nitrogens with zero attached hydrogens (tertiary/aromatic N) is 2. The molecule has 11 heteroatoms. The van der Waals surface area contributed by atoms with Crippen molar-refractivity contribution in [1.29, 1.82) is 0 Å². The first-order valence-electron chi connectivity index (χ1n) is 12.8. The number of amides is 2. The minimum Gasteiger partial charge on any atom is -0.394 e. The number of aromatic amines is 1. The van der Waals surface area contributed by atoms with Crippen LogP contribution in [-0.2, 0) is 0 Å². The number of halogens is 2. The van der Waals surface area contributed by atoms with E-state index in [1.165, 1.54) is 17.2 Å². The third-order valence-corrected chi connectivity index (χ3v) is 6.51. The molecule has 2 amide bonds. The van der Waals surface area contributed by atoms with Gasteiger partial charge in [0.05, 0.1) is 23.8 Å². The number of nitrogens with one attached hydrogen (secondary N) is 2. The van der Waals surface area contributed by atoms with E-state index in [4.69, 9.17) is 0 Å². The minimum absolute atomic E-state index is 0.0577. The molecule has 0 aliphatic heterocycles. The van der Waals surface area contributed by atoms with Crippen LogP contribution in [0.25, 0.3) is 22.2 Å². The lowest BCUT2D eigenvalue weighted by molar-refractivity contribution is 0.0801. The van der Waals surface area contributed by atoms with Crippen molar-refractivity contribution < 1.29 is 28.6 Å². The van der Waals surface area contributed by atoms with Crippen LogP contribution in [0, 0.1) is 11.6 Å². The average Bonchev–Trinajstić information content (AvgIpc) is 3.01. The number of para-hydroxylation sites is 1. The van der Waals surface area contributed by atoms with E-state index in [1.54, 1.807) is 60.7 Å². The van der Waals surface area contributed by atoms with Gasteiger partial charge in [-0.05, 0) is 42.0 Å². The molecular weight excluding hydrogens is 546 g/mol. The van der Waals surface area contributed by atoms with Crippen LogP contribution >= 0.6 is 0 Å². The lowest BCUT2D eigenvalue weighted by Gasteiger charge is -2.26. The van der Waals surface area contributed by atoms with Gasteiger partial charge in [0.2, 0.25) is 0 Å². The minimum atomic E-state index is -1.26. The van der Waals surface area contributed by atoms with Crippen molar-refractivity contribution in [3.05, 3.63) is 124 Å². The molecule has 5 rings (SSSR count). The molecule has 0 aliphatic carbocycles. The predicted molar refractivity (Wildman–Crippen MR) is 152 cm³/mol. The third-order valence-electron chi connectivity index (χ3n) is 6.51. The Labute approximate surface area is 237 Å². The normalized spacial score (nSPS) is 11.7. The Morgan fingerprint density at radius 3 is 2.31 bits per heavy atom. The number of carbonyl (C=O) groups is 2. The highest BCUT2D eigenvalue weighted by Gasteiger charge is 2.28. The van der Waals surface area contributed by atoms with E-state index in [9.17, 15) is 33.4 Å². The highest BCUT2D eigenvalue weighted by molar-refractivity contribution is 6.18. The summed E-state index contributed by atoms with van der Waals surface area (Å²) in [5, 5.41) is 21.6.